The molecule has 212 valence electrons. The number of hydrogen-bond donors (Lipinski definition) is 1. The Morgan fingerprint density at radius 2 is 1.68 bits per heavy atom. The molecule has 0 spiro atoms. The van der Waals surface area contributed by atoms with Crippen molar-refractivity contribution in [1.82, 2.24) is 0 Å². The minimum Gasteiger partial charge on any atom is -0.494 e. The first-order chi connectivity index (χ1) is 19.8. The molecule has 1 amide bonds. The third kappa shape index (κ3) is 7.48. The average Bonchev–Trinajstić information content (AvgIpc) is 3.31. The van der Waals surface area contributed by atoms with Crippen LogP contribution in [0.2, 0.25) is 5.02 Å². The van der Waals surface area contributed by atoms with Gasteiger partial charge in [-0.2, -0.15) is 0 Å². The van der Waals surface area contributed by atoms with E-state index >= 15 is 0 Å². The number of rotatable bonds is 11. The molecule has 4 rings (SSSR count). The van der Waals surface area contributed by atoms with Crippen LogP contribution in [0.4, 0.5) is 5.00 Å². The van der Waals surface area contributed by atoms with Gasteiger partial charge in [0.1, 0.15) is 22.9 Å². The summed E-state index contributed by atoms with van der Waals surface area (Å²) >= 11 is 7.26. The zero-order valence-electron chi connectivity index (χ0n) is 23.2. The van der Waals surface area contributed by atoms with Gasteiger partial charge in [0.15, 0.2) is 11.5 Å². The Morgan fingerprint density at radius 1 is 0.951 bits per heavy atom. The minimum absolute atomic E-state index is 0.310. The molecule has 3 aromatic carbocycles. The Hall–Kier alpha value is -4.27. The van der Waals surface area contributed by atoms with Crippen LogP contribution in [0.3, 0.4) is 0 Å². The zero-order chi connectivity index (χ0) is 29.4. The molecule has 0 saturated heterocycles. The molecule has 4 aromatic rings. The van der Waals surface area contributed by atoms with Gasteiger partial charge in [0.25, 0.3) is 0 Å². The molecular weight excluding hydrogens is 562 g/mol. The summed E-state index contributed by atoms with van der Waals surface area (Å²) in [6.07, 6.45) is 3.06. The van der Waals surface area contributed by atoms with E-state index in [4.69, 9.17) is 30.5 Å². The number of anilines is 1. The molecular formula is C32H30ClNO6S. The smallest absolute Gasteiger partial charge is 0.341 e. The molecule has 0 saturated carbocycles. The van der Waals surface area contributed by atoms with Gasteiger partial charge < -0.3 is 24.3 Å². The van der Waals surface area contributed by atoms with E-state index in [1.54, 1.807) is 25.3 Å². The summed E-state index contributed by atoms with van der Waals surface area (Å²) in [6.45, 7) is 4.73. The average molecular weight is 592 g/mol. The van der Waals surface area contributed by atoms with E-state index in [0.717, 1.165) is 27.3 Å². The van der Waals surface area contributed by atoms with Crippen LogP contribution in [0.5, 0.6) is 17.2 Å². The van der Waals surface area contributed by atoms with Crippen LogP contribution in [0, 0.1) is 6.92 Å². The molecule has 0 aliphatic carbocycles. The van der Waals surface area contributed by atoms with Crippen molar-refractivity contribution in [2.24, 2.45) is 0 Å². The molecule has 0 unspecified atom stereocenters. The maximum atomic E-state index is 12.9. The van der Waals surface area contributed by atoms with E-state index in [1.165, 1.54) is 24.5 Å². The third-order valence-corrected chi connectivity index (χ3v) is 7.36. The van der Waals surface area contributed by atoms with Crippen molar-refractivity contribution < 1.29 is 28.5 Å². The number of aryl methyl sites for hydroxylation is 1. The number of ether oxygens (including phenoxy) is 4. The van der Waals surface area contributed by atoms with Crippen LogP contribution in [0.15, 0.2) is 72.8 Å². The number of esters is 1. The lowest BCUT2D eigenvalue weighted by Gasteiger charge is -2.11. The summed E-state index contributed by atoms with van der Waals surface area (Å²) in [5, 5.41) is 3.92. The molecule has 0 atom stereocenters. The van der Waals surface area contributed by atoms with Gasteiger partial charge in [-0.3, -0.25) is 4.79 Å². The first-order valence-corrected chi connectivity index (χ1v) is 14.0. The van der Waals surface area contributed by atoms with E-state index in [1.807, 2.05) is 68.4 Å². The zero-order valence-corrected chi connectivity index (χ0v) is 24.7. The highest BCUT2D eigenvalue weighted by atomic mass is 35.5. The van der Waals surface area contributed by atoms with Crippen molar-refractivity contribution in [3.8, 4) is 28.4 Å². The lowest BCUT2D eigenvalue weighted by Crippen LogP contribution is -2.11. The van der Waals surface area contributed by atoms with E-state index in [2.05, 4.69) is 5.32 Å². The molecule has 0 fully saturated rings. The monoisotopic (exact) mass is 591 g/mol. The van der Waals surface area contributed by atoms with Gasteiger partial charge in [-0.1, -0.05) is 41.9 Å². The molecule has 0 bridgehead atoms. The van der Waals surface area contributed by atoms with Crippen molar-refractivity contribution >= 4 is 45.9 Å². The standard InChI is InChI=1S/C32H30ClNO6S/c1-5-39-25-14-10-23(11-15-25)29-20(2)41-31(30(29)32(36)38-4)34-28(35)17-9-21-8-16-26(27(18-21)37-3)40-19-22-6-12-24(33)13-7-22/h6-18H,5,19H2,1-4H3,(H,34,35)/b17-9+. The number of amides is 1. The minimum atomic E-state index is -0.531. The molecule has 0 aliphatic rings. The van der Waals surface area contributed by atoms with Gasteiger partial charge in [0.05, 0.1) is 20.8 Å². The van der Waals surface area contributed by atoms with E-state index in [-0.39, 0.29) is 0 Å². The van der Waals surface area contributed by atoms with Crippen molar-refractivity contribution in [2.75, 3.05) is 26.1 Å². The fourth-order valence-corrected chi connectivity index (χ4v) is 5.33. The number of methoxy groups -OCH3 is 2. The number of nitrogens with one attached hydrogen (secondary N) is 1. The third-order valence-electron chi connectivity index (χ3n) is 6.09. The molecule has 1 aromatic heterocycles. The number of halogens is 1. The van der Waals surface area contributed by atoms with Crippen molar-refractivity contribution in [3.05, 3.63) is 99.4 Å². The van der Waals surface area contributed by atoms with E-state index < -0.39 is 11.9 Å². The van der Waals surface area contributed by atoms with Gasteiger partial charge in [-0.05, 0) is 73.0 Å². The van der Waals surface area contributed by atoms with Crippen LogP contribution in [-0.2, 0) is 16.1 Å². The lowest BCUT2D eigenvalue weighted by atomic mass is 10.0. The van der Waals surface area contributed by atoms with Gasteiger partial charge in [0.2, 0.25) is 5.91 Å². The first-order valence-electron chi connectivity index (χ1n) is 12.8. The lowest BCUT2D eigenvalue weighted by molar-refractivity contribution is -0.111. The molecule has 1 heterocycles. The van der Waals surface area contributed by atoms with Crippen molar-refractivity contribution in [1.29, 1.82) is 0 Å². The Balaban J connectivity index is 1.49. The normalized spacial score (nSPS) is 10.9. The van der Waals surface area contributed by atoms with Gasteiger partial charge in [-0.15, -0.1) is 11.3 Å². The summed E-state index contributed by atoms with van der Waals surface area (Å²) in [4.78, 5) is 26.6. The summed E-state index contributed by atoms with van der Waals surface area (Å²) in [6, 6.07) is 20.3. The number of thiophene rings is 1. The van der Waals surface area contributed by atoms with Crippen LogP contribution >= 0.6 is 22.9 Å². The van der Waals surface area contributed by atoms with Crippen LogP contribution < -0.4 is 19.5 Å². The first kappa shape index (κ1) is 29.7. The van der Waals surface area contributed by atoms with E-state index in [9.17, 15) is 9.59 Å². The number of carbonyl (C=O) groups is 2. The number of benzene rings is 3. The van der Waals surface area contributed by atoms with Crippen LogP contribution in [0.1, 0.15) is 33.3 Å². The SMILES string of the molecule is CCOc1ccc(-c2c(C)sc(NC(=O)/C=C/c3ccc(OCc4ccc(Cl)cc4)c(OC)c3)c2C(=O)OC)cc1. The van der Waals surface area contributed by atoms with Gasteiger partial charge >= 0.3 is 5.97 Å². The molecule has 1 N–H and O–H groups in total. The maximum absolute atomic E-state index is 12.9. The summed E-state index contributed by atoms with van der Waals surface area (Å²) < 4.78 is 22.0. The van der Waals surface area contributed by atoms with E-state index in [0.29, 0.717) is 45.9 Å². The summed E-state index contributed by atoms with van der Waals surface area (Å²) in [7, 11) is 2.87. The Bertz CT molecular complexity index is 1540. The predicted octanol–water partition coefficient (Wildman–Crippen LogP) is 7.80. The second kappa shape index (κ2) is 13.9. The Kier molecular flexibility index (Phi) is 10.1. The maximum Gasteiger partial charge on any atom is 0.341 e. The molecule has 0 radical (unpaired) electrons. The highest BCUT2D eigenvalue weighted by molar-refractivity contribution is 7.17. The molecule has 41 heavy (non-hydrogen) atoms. The fraction of sp³-hybridized carbons (Fsp3) is 0.188. The number of hydrogen-bond acceptors (Lipinski definition) is 7. The van der Waals surface area contributed by atoms with Crippen LogP contribution in [0.25, 0.3) is 17.2 Å². The summed E-state index contributed by atoms with van der Waals surface area (Å²) in [5.74, 6) is 0.916. The Morgan fingerprint density at radius 3 is 2.34 bits per heavy atom. The topological polar surface area (TPSA) is 83.1 Å². The summed E-state index contributed by atoms with van der Waals surface area (Å²) in [5.41, 5.74) is 3.55. The van der Waals surface area contributed by atoms with Crippen LogP contribution in [-0.4, -0.2) is 32.7 Å². The second-order valence-electron chi connectivity index (χ2n) is 8.83. The Labute approximate surface area is 248 Å². The van der Waals surface area contributed by atoms with Crippen molar-refractivity contribution in [3.63, 3.8) is 0 Å². The number of carbonyl (C=O) groups excluding carboxylic acids is 2. The molecule has 7 nitrogen and oxygen atoms in total. The van der Waals surface area contributed by atoms with Gasteiger partial charge in [0, 0.05) is 21.5 Å². The molecule has 0 aliphatic heterocycles. The van der Waals surface area contributed by atoms with Crippen molar-refractivity contribution in [2.45, 2.75) is 20.5 Å². The predicted molar refractivity (Wildman–Crippen MR) is 163 cm³/mol. The highest BCUT2D eigenvalue weighted by Crippen LogP contribution is 2.41. The second-order valence-corrected chi connectivity index (χ2v) is 10.5. The highest BCUT2D eigenvalue weighted by Gasteiger charge is 2.25. The quantitative estimate of drug-likeness (QED) is 0.141. The van der Waals surface area contributed by atoms with Gasteiger partial charge in [-0.25, -0.2) is 4.79 Å². The largest absolute Gasteiger partial charge is 0.494 e. The fourth-order valence-electron chi connectivity index (χ4n) is 4.14. The molecule has 9 heteroatoms.